The molecule has 3 aliphatic carbocycles. The number of fused-ring (bicyclic) bond motifs is 3. The Hall–Kier alpha value is -1.71. The van der Waals surface area contributed by atoms with Crippen molar-refractivity contribution in [3.8, 4) is 0 Å². The van der Waals surface area contributed by atoms with E-state index < -0.39 is 0 Å². The Kier molecular flexibility index (Phi) is 8.97. The van der Waals surface area contributed by atoms with Gasteiger partial charge >= 0.3 is 0 Å². The standard InChI is InChI=1S/C24H39N3O6/c28-22-13-32-20-11-5-2-8-17(20)27-24(30)15-33-21-12-6-3-9-18(21)26-23(29)14-31-19-10-4-1-7-16(19)25-22/h16-21H,1-15H2,(H,25,28)(H,26,29)(H,27,30)/t16-,17-,18-,19-,20-,21-/m0/s1. The van der Waals surface area contributed by atoms with Crippen LogP contribution in [0.25, 0.3) is 0 Å². The highest BCUT2D eigenvalue weighted by molar-refractivity contribution is 5.79. The molecule has 0 bridgehead atoms. The van der Waals surface area contributed by atoms with E-state index in [0.717, 1.165) is 77.0 Å². The zero-order valence-electron chi connectivity index (χ0n) is 19.5. The molecule has 0 aromatic rings. The molecule has 4 rings (SSSR count). The molecule has 33 heavy (non-hydrogen) atoms. The first-order chi connectivity index (χ1) is 16.1. The SMILES string of the molecule is O=C1CO[C@H]2CCCC[C@@H]2NC(=O)CO[C@H]2CCCC[C@@H]2NC(=O)CO[C@H]2CCCC[C@@H]2N1. The van der Waals surface area contributed by atoms with Crippen LogP contribution in [0.15, 0.2) is 0 Å². The highest BCUT2D eigenvalue weighted by atomic mass is 16.5. The lowest BCUT2D eigenvalue weighted by atomic mass is 9.91. The fourth-order valence-corrected chi connectivity index (χ4v) is 5.68. The summed E-state index contributed by atoms with van der Waals surface area (Å²) in [6.07, 6.45) is 10.6. The number of carbonyl (C=O) groups is 3. The lowest BCUT2D eigenvalue weighted by molar-refractivity contribution is -0.137. The molecule has 3 N–H and O–H groups in total. The molecule has 1 saturated heterocycles. The minimum absolute atomic E-state index is 0.0407. The van der Waals surface area contributed by atoms with Crippen LogP contribution in [0.4, 0.5) is 0 Å². The maximum atomic E-state index is 12.6. The third kappa shape index (κ3) is 7.13. The molecule has 6 atom stereocenters. The molecule has 0 unspecified atom stereocenters. The van der Waals surface area contributed by atoms with Gasteiger partial charge in [-0.25, -0.2) is 0 Å². The highest BCUT2D eigenvalue weighted by Gasteiger charge is 2.32. The number of carbonyl (C=O) groups excluding carboxylic acids is 3. The fourth-order valence-electron chi connectivity index (χ4n) is 5.68. The minimum atomic E-state index is -0.176. The average molecular weight is 466 g/mol. The van der Waals surface area contributed by atoms with Crippen molar-refractivity contribution in [3.63, 3.8) is 0 Å². The Morgan fingerprint density at radius 3 is 1.03 bits per heavy atom. The lowest BCUT2D eigenvalue weighted by Gasteiger charge is -2.35. The molecule has 9 nitrogen and oxygen atoms in total. The van der Waals surface area contributed by atoms with Crippen molar-refractivity contribution in [2.45, 2.75) is 113 Å². The van der Waals surface area contributed by atoms with Crippen LogP contribution in [0.2, 0.25) is 0 Å². The summed E-state index contributed by atoms with van der Waals surface area (Å²) >= 11 is 0. The van der Waals surface area contributed by atoms with Gasteiger partial charge in [0.2, 0.25) is 17.7 Å². The first kappa shape index (κ1) is 24.4. The summed E-state index contributed by atoms with van der Waals surface area (Å²) in [5.41, 5.74) is 0. The van der Waals surface area contributed by atoms with Crippen molar-refractivity contribution in [2.24, 2.45) is 0 Å². The van der Waals surface area contributed by atoms with Crippen LogP contribution in [-0.4, -0.2) is 74.0 Å². The zero-order valence-corrected chi connectivity index (χ0v) is 19.5. The third-order valence-corrected chi connectivity index (χ3v) is 7.43. The molecule has 4 aliphatic rings. The van der Waals surface area contributed by atoms with E-state index in [0.29, 0.717) is 0 Å². The summed E-state index contributed by atoms with van der Waals surface area (Å²) in [6, 6.07) is -0.350. The van der Waals surface area contributed by atoms with E-state index in [4.69, 9.17) is 14.2 Å². The first-order valence-electron chi connectivity index (χ1n) is 12.8. The Balaban J connectivity index is 1.44. The van der Waals surface area contributed by atoms with E-state index in [1.54, 1.807) is 0 Å². The third-order valence-electron chi connectivity index (χ3n) is 7.43. The van der Waals surface area contributed by atoms with Crippen molar-refractivity contribution in [1.29, 1.82) is 0 Å². The Morgan fingerprint density at radius 2 is 0.727 bits per heavy atom. The van der Waals surface area contributed by atoms with Crippen molar-refractivity contribution < 1.29 is 28.6 Å². The van der Waals surface area contributed by atoms with Crippen LogP contribution >= 0.6 is 0 Å². The number of nitrogens with one attached hydrogen (secondary N) is 3. The highest BCUT2D eigenvalue weighted by Crippen LogP contribution is 2.24. The van der Waals surface area contributed by atoms with Crippen LogP contribution in [-0.2, 0) is 28.6 Å². The first-order valence-corrected chi connectivity index (χ1v) is 12.8. The van der Waals surface area contributed by atoms with E-state index in [1.807, 2.05) is 0 Å². The summed E-state index contributed by atoms with van der Waals surface area (Å²) in [4.78, 5) is 37.8. The Morgan fingerprint density at radius 1 is 0.455 bits per heavy atom. The summed E-state index contributed by atoms with van der Waals surface area (Å²) in [5, 5.41) is 9.18. The van der Waals surface area contributed by atoms with Crippen molar-refractivity contribution in [1.82, 2.24) is 16.0 Å². The van der Waals surface area contributed by atoms with Crippen molar-refractivity contribution >= 4 is 17.7 Å². The number of hydrogen-bond acceptors (Lipinski definition) is 6. The van der Waals surface area contributed by atoms with Gasteiger partial charge < -0.3 is 30.2 Å². The second-order valence-corrected chi connectivity index (χ2v) is 9.92. The normalized spacial score (nSPS) is 37.6. The smallest absolute Gasteiger partial charge is 0.246 e. The van der Waals surface area contributed by atoms with E-state index >= 15 is 0 Å². The van der Waals surface area contributed by atoms with Gasteiger partial charge in [-0.1, -0.05) is 38.5 Å². The van der Waals surface area contributed by atoms with Gasteiger partial charge in [0, 0.05) is 0 Å². The summed E-state index contributed by atoms with van der Waals surface area (Å²) in [5.74, 6) is -0.528. The Bertz CT molecular complexity index is 599. The van der Waals surface area contributed by atoms with Gasteiger partial charge in [0.15, 0.2) is 0 Å². The number of amides is 3. The molecular weight excluding hydrogens is 426 g/mol. The molecule has 0 spiro atoms. The van der Waals surface area contributed by atoms with Crippen LogP contribution in [0, 0.1) is 0 Å². The van der Waals surface area contributed by atoms with Crippen LogP contribution in [0.3, 0.4) is 0 Å². The molecule has 0 aromatic carbocycles. The van der Waals surface area contributed by atoms with Gasteiger partial charge in [-0.15, -0.1) is 0 Å². The van der Waals surface area contributed by atoms with E-state index in [-0.39, 0.29) is 74.0 Å². The number of ether oxygens (including phenoxy) is 3. The second kappa shape index (κ2) is 12.1. The summed E-state index contributed by atoms with van der Waals surface area (Å²) in [6.45, 7) is -0.122. The minimum Gasteiger partial charge on any atom is -0.366 e. The van der Waals surface area contributed by atoms with Crippen molar-refractivity contribution in [2.75, 3.05) is 19.8 Å². The van der Waals surface area contributed by atoms with Gasteiger partial charge in [0.25, 0.3) is 0 Å². The molecule has 0 radical (unpaired) electrons. The molecule has 0 aromatic heterocycles. The van der Waals surface area contributed by atoms with Crippen LogP contribution in [0.5, 0.6) is 0 Å². The van der Waals surface area contributed by atoms with E-state index in [2.05, 4.69) is 16.0 Å². The van der Waals surface area contributed by atoms with Gasteiger partial charge in [0.1, 0.15) is 19.8 Å². The quantitative estimate of drug-likeness (QED) is 0.497. The maximum absolute atomic E-state index is 12.6. The predicted octanol–water partition coefficient (Wildman–Crippen LogP) is 1.33. The molecule has 9 heteroatoms. The predicted molar refractivity (Wildman–Crippen MR) is 120 cm³/mol. The van der Waals surface area contributed by atoms with Crippen LogP contribution < -0.4 is 16.0 Å². The molecule has 3 amide bonds. The molecule has 4 fully saturated rings. The fraction of sp³-hybridized carbons (Fsp3) is 0.875. The number of hydrogen-bond donors (Lipinski definition) is 3. The average Bonchev–Trinajstić information content (AvgIpc) is 2.82. The number of rotatable bonds is 0. The lowest BCUT2D eigenvalue weighted by Crippen LogP contribution is -2.52. The summed E-state index contributed by atoms with van der Waals surface area (Å²) < 4.78 is 17.9. The monoisotopic (exact) mass is 465 g/mol. The largest absolute Gasteiger partial charge is 0.366 e. The zero-order chi connectivity index (χ0) is 23.0. The second-order valence-electron chi connectivity index (χ2n) is 9.92. The van der Waals surface area contributed by atoms with Gasteiger partial charge in [-0.3, -0.25) is 14.4 Å². The molecule has 186 valence electrons. The topological polar surface area (TPSA) is 115 Å². The van der Waals surface area contributed by atoms with Crippen LogP contribution in [0.1, 0.15) is 77.0 Å². The van der Waals surface area contributed by atoms with Gasteiger partial charge in [-0.2, -0.15) is 0 Å². The maximum Gasteiger partial charge on any atom is 0.246 e. The van der Waals surface area contributed by atoms with E-state index in [9.17, 15) is 14.4 Å². The molecule has 1 aliphatic heterocycles. The van der Waals surface area contributed by atoms with Crippen molar-refractivity contribution in [3.05, 3.63) is 0 Å². The summed E-state index contributed by atoms with van der Waals surface area (Å²) in [7, 11) is 0. The van der Waals surface area contributed by atoms with Gasteiger partial charge in [0.05, 0.1) is 36.4 Å². The molecular formula is C24H39N3O6. The Labute approximate surface area is 196 Å². The molecule has 3 saturated carbocycles. The molecule has 1 heterocycles. The van der Waals surface area contributed by atoms with Gasteiger partial charge in [-0.05, 0) is 38.5 Å². The van der Waals surface area contributed by atoms with E-state index in [1.165, 1.54) is 0 Å².